The fraction of sp³-hybridized carbons (Fsp3) is 0.235. The Balaban J connectivity index is 1.99. The molecule has 2 aromatic rings. The third-order valence-corrected chi connectivity index (χ3v) is 6.75. The van der Waals surface area contributed by atoms with E-state index in [1.54, 1.807) is 0 Å². The average Bonchev–Trinajstić information content (AvgIpc) is 2.53. The van der Waals surface area contributed by atoms with Gasteiger partial charge in [-0.05, 0) is 53.7 Å². The summed E-state index contributed by atoms with van der Waals surface area (Å²) in [5.41, 5.74) is 3.46. The molecule has 1 atom stereocenters. The third kappa shape index (κ3) is 2.85. The summed E-state index contributed by atoms with van der Waals surface area (Å²) >= 11 is 0. The second-order valence-corrected chi connectivity index (χ2v) is 8.26. The van der Waals surface area contributed by atoms with Crippen LogP contribution in [0.4, 0.5) is 0 Å². The molecule has 1 heterocycles. The monoisotopic (exact) mass is 350 g/mol. The van der Waals surface area contributed by atoms with Crippen molar-refractivity contribution >= 4 is 32.5 Å². The first-order valence-corrected chi connectivity index (χ1v) is 9.90. The van der Waals surface area contributed by atoms with Crippen LogP contribution in [0.5, 0.6) is 0 Å². The lowest BCUT2D eigenvalue weighted by atomic mass is 9.86. The predicted octanol–water partition coefficient (Wildman–Crippen LogP) is 1.44. The van der Waals surface area contributed by atoms with Gasteiger partial charge < -0.3 is 0 Å². The van der Waals surface area contributed by atoms with E-state index in [1.165, 1.54) is 5.57 Å². The van der Waals surface area contributed by atoms with Crippen molar-refractivity contribution in [2.75, 3.05) is 0 Å². The van der Waals surface area contributed by atoms with Gasteiger partial charge in [-0.25, -0.2) is 0 Å². The minimum Gasteiger partial charge on any atom is -0.182 e. The van der Waals surface area contributed by atoms with E-state index in [1.807, 2.05) is 41.8 Å². The van der Waals surface area contributed by atoms with E-state index in [0.717, 1.165) is 52.5 Å². The molecule has 1 aliphatic heterocycles. The van der Waals surface area contributed by atoms with Gasteiger partial charge in [0.2, 0.25) is 0 Å². The highest BCUT2D eigenvalue weighted by molar-refractivity contribution is 8.11. The summed E-state index contributed by atoms with van der Waals surface area (Å²) < 4.78 is 38.1. The zero-order valence-electron chi connectivity index (χ0n) is 12.3. The molecular formula is C17H15ClO4S. The Morgan fingerprint density at radius 2 is 1.74 bits per heavy atom. The van der Waals surface area contributed by atoms with E-state index in [9.17, 15) is 14.0 Å². The molecule has 0 saturated heterocycles. The molecule has 0 fully saturated rings. The summed E-state index contributed by atoms with van der Waals surface area (Å²) in [5, 5.41) is 4.03. The highest BCUT2D eigenvalue weighted by atomic mass is 35.7. The van der Waals surface area contributed by atoms with Gasteiger partial charge in [-0.1, -0.05) is 30.3 Å². The Bertz CT molecular complexity index is 851. The van der Waals surface area contributed by atoms with Gasteiger partial charge in [-0.2, -0.15) is 14.0 Å². The highest BCUT2D eigenvalue weighted by Gasteiger charge is 2.31. The van der Waals surface area contributed by atoms with Crippen LogP contribution in [0, 0.1) is 10.2 Å². The van der Waals surface area contributed by atoms with Crippen molar-refractivity contribution in [2.45, 2.75) is 30.6 Å². The Kier molecular flexibility index (Phi) is 3.80. The van der Waals surface area contributed by atoms with Crippen LogP contribution in [-0.4, -0.2) is 5.37 Å². The Hall–Kier alpha value is -1.21. The largest absolute Gasteiger partial charge is 0.182 e. The van der Waals surface area contributed by atoms with E-state index in [2.05, 4.69) is 0 Å². The van der Waals surface area contributed by atoms with Crippen molar-refractivity contribution in [1.29, 1.82) is 0 Å². The van der Waals surface area contributed by atoms with Crippen LogP contribution < -0.4 is 14.0 Å². The van der Waals surface area contributed by atoms with Gasteiger partial charge in [0, 0.05) is 10.9 Å². The molecule has 2 aliphatic rings. The molecule has 0 aromatic heterocycles. The van der Waals surface area contributed by atoms with Crippen molar-refractivity contribution in [1.82, 2.24) is 0 Å². The minimum absolute atomic E-state index is 0.788. The molecule has 0 spiro atoms. The normalized spacial score (nSPS) is 20.9. The Morgan fingerprint density at radius 1 is 0.957 bits per heavy atom. The van der Waals surface area contributed by atoms with Gasteiger partial charge >= 0.3 is 0 Å². The molecule has 1 aliphatic carbocycles. The number of fused-ring (bicyclic) bond motifs is 4. The second kappa shape index (κ2) is 5.70. The minimum atomic E-state index is -4.46. The van der Waals surface area contributed by atoms with Crippen molar-refractivity contribution in [2.24, 2.45) is 0 Å². The van der Waals surface area contributed by atoms with E-state index in [4.69, 9.17) is 3.74 Å². The van der Waals surface area contributed by atoms with Gasteiger partial charge in [0.25, 0.3) is 0 Å². The SMILES string of the molecule is [O-][Cl+3]([O-])([O-])OS1=CC2=C(CCCC2)c2c1ccc1ccccc21. The fourth-order valence-corrected chi connectivity index (χ4v) is 5.77. The molecule has 1 unspecified atom stereocenters. The fourth-order valence-electron chi connectivity index (χ4n) is 3.40. The molecule has 4 rings (SSSR count). The third-order valence-electron chi connectivity index (χ3n) is 4.31. The van der Waals surface area contributed by atoms with Crippen LogP contribution in [0.1, 0.15) is 31.2 Å². The first-order valence-electron chi connectivity index (χ1n) is 7.46. The van der Waals surface area contributed by atoms with Gasteiger partial charge in [0.05, 0.1) is 15.1 Å². The summed E-state index contributed by atoms with van der Waals surface area (Å²) in [6.07, 6.45) is 4.09. The molecule has 23 heavy (non-hydrogen) atoms. The first-order chi connectivity index (χ1) is 11.0. The van der Waals surface area contributed by atoms with Crippen LogP contribution in [0.25, 0.3) is 16.3 Å². The summed E-state index contributed by atoms with van der Waals surface area (Å²) in [5.74, 6) is 0. The molecule has 0 N–H and O–H groups in total. The molecule has 4 nitrogen and oxygen atoms in total. The van der Waals surface area contributed by atoms with Crippen LogP contribution in [0.15, 0.2) is 46.9 Å². The van der Waals surface area contributed by atoms with E-state index in [-0.39, 0.29) is 0 Å². The Labute approximate surface area is 138 Å². The summed E-state index contributed by atoms with van der Waals surface area (Å²) in [7, 11) is -5.62. The topological polar surface area (TPSA) is 78.4 Å². The quantitative estimate of drug-likeness (QED) is 0.768. The molecule has 6 heteroatoms. The van der Waals surface area contributed by atoms with Gasteiger partial charge in [0.1, 0.15) is 14.5 Å². The standard InChI is InChI=1S/C17H15ClO4S/c19-18(20,21)22-23-11-13-6-2-4-8-15(13)17-14-7-3-1-5-12(14)9-10-16(17)23/h1,3,5,7,9-11H,2,4,6,8H2. The van der Waals surface area contributed by atoms with E-state index in [0.29, 0.717) is 0 Å². The summed E-state index contributed by atoms with van der Waals surface area (Å²) in [6.45, 7) is 0. The van der Waals surface area contributed by atoms with Gasteiger partial charge in [0.15, 0.2) is 0 Å². The van der Waals surface area contributed by atoms with Crippen LogP contribution in [-0.2, 0) is 3.74 Å². The number of hydrogen-bond acceptors (Lipinski definition) is 4. The summed E-state index contributed by atoms with van der Waals surface area (Å²) in [4.78, 5) is 0.788. The second-order valence-electron chi connectivity index (χ2n) is 5.73. The van der Waals surface area contributed by atoms with E-state index < -0.39 is 21.0 Å². The van der Waals surface area contributed by atoms with Crippen molar-refractivity contribution in [3.05, 3.63) is 47.5 Å². The van der Waals surface area contributed by atoms with Crippen molar-refractivity contribution in [3.63, 3.8) is 0 Å². The van der Waals surface area contributed by atoms with Crippen LogP contribution >= 0.6 is 10.8 Å². The van der Waals surface area contributed by atoms with Crippen molar-refractivity contribution in [3.8, 4) is 0 Å². The molecular weight excluding hydrogens is 336 g/mol. The van der Waals surface area contributed by atoms with Gasteiger partial charge in [-0.15, -0.1) is 0 Å². The number of hydrogen-bond donors (Lipinski definition) is 0. The predicted molar refractivity (Wildman–Crippen MR) is 82.3 cm³/mol. The number of rotatable bonds is 2. The summed E-state index contributed by atoms with van der Waals surface area (Å²) in [6, 6.07) is 11.9. The molecule has 0 amide bonds. The Morgan fingerprint density at radius 3 is 2.57 bits per heavy atom. The van der Waals surface area contributed by atoms with Crippen LogP contribution in [0.3, 0.4) is 0 Å². The molecule has 0 bridgehead atoms. The smallest absolute Gasteiger partial charge is 0.141 e. The number of allylic oxidation sites excluding steroid dienone is 2. The molecule has 120 valence electrons. The van der Waals surface area contributed by atoms with Crippen LogP contribution in [0.2, 0.25) is 0 Å². The van der Waals surface area contributed by atoms with E-state index >= 15 is 0 Å². The average molecular weight is 351 g/mol. The maximum absolute atomic E-state index is 11.1. The highest BCUT2D eigenvalue weighted by Crippen LogP contribution is 2.47. The molecule has 2 aromatic carbocycles. The zero-order valence-corrected chi connectivity index (χ0v) is 13.9. The lowest BCUT2D eigenvalue weighted by Crippen LogP contribution is -2.60. The zero-order chi connectivity index (χ0) is 16.0. The number of benzene rings is 2. The number of halogens is 1. The first kappa shape index (κ1) is 15.3. The van der Waals surface area contributed by atoms with Gasteiger partial charge in [-0.3, -0.25) is 0 Å². The maximum Gasteiger partial charge on any atom is 0.141 e. The molecule has 0 saturated carbocycles. The maximum atomic E-state index is 11.1. The lowest BCUT2D eigenvalue weighted by Gasteiger charge is -2.27. The molecule has 0 radical (unpaired) electrons. The van der Waals surface area contributed by atoms with Crippen molar-refractivity contribution < 1.29 is 28.0 Å². The lowest BCUT2D eigenvalue weighted by molar-refractivity contribution is -1.91.